The molecular weight excluding hydrogens is 1350 g/mol. The van der Waals surface area contributed by atoms with E-state index in [-0.39, 0.29) is 182 Å². The highest BCUT2D eigenvalue weighted by Crippen LogP contribution is 2.38. The molecule has 99 heavy (non-hydrogen) atoms. The van der Waals surface area contributed by atoms with Gasteiger partial charge in [0.15, 0.2) is 34.9 Å². The number of halogens is 16. The molecule has 0 amide bonds. The summed E-state index contributed by atoms with van der Waals surface area (Å²) in [5.41, 5.74) is 6.84. The standard InChI is InChI=1S/C20H16F6N6.C20H19F5N8.C20H18F5N7.H4N2/c21-10-7-11(22)9-13(8-10)28-19-31-17(16-14(23)1-2-15(24)29-16)30-18(32-19)27-12-3-5-20(25,26)6-4-12;21-10-7-11(22)9-13(8-10)28-19-31-17(16-14(23)1-2-15(29-16)33-26)30-18(32-19)27-12-3-5-20(24,25)6-4-12;21-10-7-11(22)9-13(8-10)28-19-31-17(16-14(23)1-2-15(26)29-16)30-18(32-19)27-12-3-5-20(24,25)6-4-12;1-2/h1-2,7-9,12H,3-6H2,(H2,27,28,30,31,32);1-2,7-9,12H,3-6,26H2,(H,29,33)(H2,27,28,30,31,32);1-2,7-9,12H,3-6H2,(H2,26,29)(H2,27,28,30,31,32);1-2H2. The Kier molecular flexibility index (Phi) is 23.2. The second-order valence-electron chi connectivity index (χ2n) is 22.3. The van der Waals surface area contributed by atoms with E-state index >= 15 is 0 Å². The first kappa shape index (κ1) is 72.6. The van der Waals surface area contributed by atoms with E-state index in [1.54, 1.807) is 0 Å². The maximum Gasteiger partial charge on any atom is 0.248 e. The van der Waals surface area contributed by atoms with Crippen LogP contribution >= 0.6 is 0 Å². The Balaban J connectivity index is 0.000000171. The summed E-state index contributed by atoms with van der Waals surface area (Å²) >= 11 is 0. The second-order valence-corrected chi connectivity index (χ2v) is 22.3. The van der Waals surface area contributed by atoms with Crippen LogP contribution in [0.2, 0.25) is 0 Å². The summed E-state index contributed by atoms with van der Waals surface area (Å²) in [6, 6.07) is 13.4. The molecule has 39 heteroatoms. The number of pyridine rings is 3. The molecule has 3 aliphatic carbocycles. The molecule has 0 aliphatic heterocycles. The molecule has 0 spiro atoms. The molecule has 3 fully saturated rings. The van der Waals surface area contributed by atoms with E-state index in [0.29, 0.717) is 18.2 Å². The minimum Gasteiger partial charge on any atom is -0.384 e. The van der Waals surface area contributed by atoms with Gasteiger partial charge in [-0.25, -0.2) is 86.7 Å². The summed E-state index contributed by atoms with van der Waals surface area (Å²) in [4.78, 5) is 48.2. The van der Waals surface area contributed by atoms with Crippen molar-refractivity contribution in [3.63, 3.8) is 0 Å². The number of nitrogens with one attached hydrogen (secondary N) is 7. The smallest absolute Gasteiger partial charge is 0.248 e. The zero-order valence-electron chi connectivity index (χ0n) is 51.1. The zero-order valence-corrected chi connectivity index (χ0v) is 51.1. The van der Waals surface area contributed by atoms with Gasteiger partial charge < -0.3 is 43.1 Å². The Morgan fingerprint density at radius 2 is 0.616 bits per heavy atom. The molecule has 0 radical (unpaired) electrons. The van der Waals surface area contributed by atoms with Crippen LogP contribution in [0.5, 0.6) is 0 Å². The molecule has 3 aliphatic rings. The van der Waals surface area contributed by atoms with E-state index in [9.17, 15) is 70.2 Å². The van der Waals surface area contributed by atoms with Gasteiger partial charge in [0.05, 0.1) is 0 Å². The number of anilines is 11. The highest BCUT2D eigenvalue weighted by atomic mass is 19.3. The topological polar surface area (TPSA) is 343 Å². The number of hydrazine groups is 2. The summed E-state index contributed by atoms with van der Waals surface area (Å²) < 4.78 is 219. The number of benzene rings is 3. The number of hydrogen-bond acceptors (Lipinski definition) is 23. The molecular formula is C60H57F16N23. The van der Waals surface area contributed by atoms with E-state index in [2.05, 4.69) is 109 Å². The van der Waals surface area contributed by atoms with Gasteiger partial charge in [0.2, 0.25) is 59.4 Å². The molecule has 3 saturated carbocycles. The van der Waals surface area contributed by atoms with Crippen molar-refractivity contribution in [3.8, 4) is 34.6 Å². The van der Waals surface area contributed by atoms with Crippen molar-refractivity contribution in [1.29, 1.82) is 0 Å². The molecule has 0 saturated heterocycles. The molecule has 6 heterocycles. The normalized spacial score (nSPS) is 15.7. The highest BCUT2D eigenvalue weighted by Gasteiger charge is 2.38. The Labute approximate surface area is 550 Å². The Morgan fingerprint density at radius 1 is 0.333 bits per heavy atom. The van der Waals surface area contributed by atoms with Crippen molar-refractivity contribution >= 4 is 64.4 Å². The van der Waals surface area contributed by atoms with Crippen LogP contribution in [0.3, 0.4) is 0 Å². The highest BCUT2D eigenvalue weighted by molar-refractivity contribution is 5.63. The monoisotopic (exact) mass is 1400 g/mol. The van der Waals surface area contributed by atoms with Gasteiger partial charge >= 0.3 is 0 Å². The summed E-state index contributed by atoms with van der Waals surface area (Å²) in [6.45, 7) is 0. The Hall–Kier alpha value is -10.7. The first-order chi connectivity index (χ1) is 47.0. The third-order valence-electron chi connectivity index (χ3n) is 14.7. The van der Waals surface area contributed by atoms with Gasteiger partial charge in [-0.1, -0.05) is 0 Å². The van der Waals surface area contributed by atoms with Gasteiger partial charge in [-0.2, -0.15) is 49.2 Å². The van der Waals surface area contributed by atoms with Gasteiger partial charge in [0.1, 0.15) is 63.6 Å². The lowest BCUT2D eigenvalue weighted by Crippen LogP contribution is -2.32. The van der Waals surface area contributed by atoms with Crippen molar-refractivity contribution in [2.45, 2.75) is 113 Å². The lowest BCUT2D eigenvalue weighted by Gasteiger charge is -2.28. The third kappa shape index (κ3) is 20.9. The lowest BCUT2D eigenvalue weighted by molar-refractivity contribution is -0.0366. The van der Waals surface area contributed by atoms with Crippen molar-refractivity contribution < 1.29 is 70.2 Å². The van der Waals surface area contributed by atoms with Crippen LogP contribution in [0.25, 0.3) is 34.6 Å². The first-order valence-electron chi connectivity index (χ1n) is 29.7. The van der Waals surface area contributed by atoms with E-state index in [1.807, 2.05) is 0 Å². The van der Waals surface area contributed by atoms with Gasteiger partial charge in [0.25, 0.3) is 0 Å². The molecule has 3 aromatic carbocycles. The fourth-order valence-corrected chi connectivity index (χ4v) is 10.0. The quantitative estimate of drug-likeness (QED) is 0.0185. The van der Waals surface area contributed by atoms with Crippen molar-refractivity contribution in [2.75, 3.05) is 43.1 Å². The van der Waals surface area contributed by atoms with Crippen LogP contribution in [0.4, 0.5) is 135 Å². The number of nitrogen functional groups attached to an aromatic ring is 2. The van der Waals surface area contributed by atoms with Crippen LogP contribution in [0, 0.1) is 58.3 Å². The molecule has 524 valence electrons. The third-order valence-corrected chi connectivity index (χ3v) is 14.7. The molecule has 23 nitrogen and oxygen atoms in total. The lowest BCUT2D eigenvalue weighted by atomic mass is 9.92. The van der Waals surface area contributed by atoms with E-state index in [4.69, 9.17) is 11.6 Å². The molecule has 0 unspecified atom stereocenters. The van der Waals surface area contributed by atoms with Crippen molar-refractivity contribution in [3.05, 3.63) is 149 Å². The maximum atomic E-state index is 14.5. The molecule has 6 aromatic heterocycles. The molecule has 12 rings (SSSR count). The fourth-order valence-electron chi connectivity index (χ4n) is 10.0. The minimum atomic E-state index is -2.74. The number of hydrogen-bond donors (Lipinski definition) is 11. The predicted molar refractivity (Wildman–Crippen MR) is 331 cm³/mol. The maximum absolute atomic E-state index is 14.5. The SMILES string of the molecule is Fc1cc(F)cc(Nc2nc(NC3CCC(F)(F)CC3)nc(-c3nc(F)ccc3F)n2)c1.NN.NNc1ccc(F)c(-c2nc(Nc3cc(F)cc(F)c3)nc(NC3CCC(F)(F)CC3)n2)n1.Nc1ccc(F)c(-c2nc(Nc3cc(F)cc(F)c3)nc(NC3CCC(F)(F)CC3)n2)n1. The van der Waals surface area contributed by atoms with Crippen LogP contribution in [-0.4, -0.2) is 95.7 Å². The molecule has 9 aromatic rings. The van der Waals surface area contributed by atoms with Crippen LogP contribution in [-0.2, 0) is 0 Å². The second kappa shape index (κ2) is 31.7. The number of nitrogens with two attached hydrogens (primary N) is 4. The van der Waals surface area contributed by atoms with Crippen LogP contribution < -0.4 is 60.6 Å². The molecule has 0 bridgehead atoms. The van der Waals surface area contributed by atoms with Crippen molar-refractivity contribution in [2.24, 2.45) is 17.5 Å². The summed E-state index contributed by atoms with van der Waals surface area (Å²) in [6.07, 6.45) is -0.843. The average molecular weight is 1400 g/mol. The fraction of sp³-hybridized carbons (Fsp3) is 0.300. The zero-order chi connectivity index (χ0) is 71.3. The largest absolute Gasteiger partial charge is 0.384 e. The van der Waals surface area contributed by atoms with E-state index in [0.717, 1.165) is 60.7 Å². The number of alkyl halides is 6. The predicted octanol–water partition coefficient (Wildman–Crippen LogP) is 13.1. The summed E-state index contributed by atoms with van der Waals surface area (Å²) in [5, 5.41) is 16.6. The van der Waals surface area contributed by atoms with Gasteiger partial charge in [-0.3, -0.25) is 11.7 Å². The average Bonchev–Trinajstić information content (AvgIpc) is 0.816. The summed E-state index contributed by atoms with van der Waals surface area (Å²) in [7, 11) is 0. The Morgan fingerprint density at radius 3 is 0.939 bits per heavy atom. The van der Waals surface area contributed by atoms with E-state index in [1.165, 1.54) is 12.1 Å². The summed E-state index contributed by atoms with van der Waals surface area (Å²) in [5.74, 6) is -4.65. The number of aromatic nitrogens is 12. The van der Waals surface area contributed by atoms with Gasteiger partial charge in [-0.05, 0) is 111 Å². The number of nitrogens with zero attached hydrogens (tertiary/aromatic N) is 12. The van der Waals surface area contributed by atoms with Gasteiger partial charge in [0, 0.05) is 91.9 Å². The van der Waals surface area contributed by atoms with Crippen molar-refractivity contribution in [1.82, 2.24) is 59.8 Å². The number of rotatable bonds is 16. The molecule has 0 atom stereocenters. The first-order valence-corrected chi connectivity index (χ1v) is 29.7. The minimum absolute atomic E-state index is 0.00119. The van der Waals surface area contributed by atoms with Crippen LogP contribution in [0.15, 0.2) is 91.0 Å². The molecule has 15 N–H and O–H groups in total. The van der Waals surface area contributed by atoms with E-state index < -0.39 is 87.8 Å². The Bertz CT molecular complexity index is 4030. The van der Waals surface area contributed by atoms with Crippen LogP contribution in [0.1, 0.15) is 77.0 Å². The van der Waals surface area contributed by atoms with Gasteiger partial charge in [-0.15, -0.1) is 0 Å².